The lowest BCUT2D eigenvalue weighted by atomic mass is 10.1. The first-order valence-electron chi connectivity index (χ1n) is 6.65. The maximum atomic E-state index is 10.3. The van der Waals surface area contributed by atoms with Crippen LogP contribution in [0.3, 0.4) is 0 Å². The average Bonchev–Trinajstić information content (AvgIpc) is 2.89. The van der Waals surface area contributed by atoms with E-state index in [1.165, 1.54) is 25.7 Å². The molecular formula is C15H22O2S. The van der Waals surface area contributed by atoms with Gasteiger partial charge >= 0.3 is 0 Å². The van der Waals surface area contributed by atoms with Crippen molar-refractivity contribution in [1.82, 2.24) is 0 Å². The minimum Gasteiger partial charge on any atom is -0.496 e. The van der Waals surface area contributed by atoms with E-state index in [0.29, 0.717) is 0 Å². The number of benzene rings is 1. The second-order valence-corrected chi connectivity index (χ2v) is 6.33. The number of rotatable bonds is 5. The highest BCUT2D eigenvalue weighted by molar-refractivity contribution is 7.99. The van der Waals surface area contributed by atoms with Crippen molar-refractivity contribution < 1.29 is 9.84 Å². The van der Waals surface area contributed by atoms with Crippen LogP contribution in [0.5, 0.6) is 5.75 Å². The van der Waals surface area contributed by atoms with Crippen LogP contribution in [0.25, 0.3) is 0 Å². The summed E-state index contributed by atoms with van der Waals surface area (Å²) in [4.78, 5) is 0. The number of hydrogen-bond donors (Lipinski definition) is 1. The summed E-state index contributed by atoms with van der Waals surface area (Å²) in [5.41, 5.74) is 2.08. The fourth-order valence-corrected chi connectivity index (χ4v) is 3.79. The zero-order valence-corrected chi connectivity index (χ0v) is 12.0. The first-order chi connectivity index (χ1) is 8.70. The van der Waals surface area contributed by atoms with Gasteiger partial charge in [-0.3, -0.25) is 0 Å². The van der Waals surface area contributed by atoms with Crippen molar-refractivity contribution in [2.24, 2.45) is 0 Å². The molecule has 1 saturated carbocycles. The largest absolute Gasteiger partial charge is 0.496 e. The molecule has 100 valence electrons. The topological polar surface area (TPSA) is 29.5 Å². The summed E-state index contributed by atoms with van der Waals surface area (Å²) in [6, 6.07) is 5.98. The zero-order valence-electron chi connectivity index (χ0n) is 11.2. The van der Waals surface area contributed by atoms with Gasteiger partial charge in [-0.2, -0.15) is 11.8 Å². The molecule has 1 aliphatic carbocycles. The molecule has 0 saturated heterocycles. The fourth-order valence-electron chi connectivity index (χ4n) is 2.49. The lowest BCUT2D eigenvalue weighted by Gasteiger charge is -2.17. The minimum absolute atomic E-state index is 0.426. The van der Waals surface area contributed by atoms with Gasteiger partial charge in [0.1, 0.15) is 5.75 Å². The SMILES string of the molecule is COc1ccc(C)cc1C(O)CSC1CCCC1. The Labute approximate surface area is 114 Å². The molecule has 1 aromatic carbocycles. The molecule has 0 heterocycles. The molecule has 1 aliphatic rings. The maximum Gasteiger partial charge on any atom is 0.124 e. The number of hydrogen-bond acceptors (Lipinski definition) is 3. The van der Waals surface area contributed by atoms with Gasteiger partial charge in [-0.25, -0.2) is 0 Å². The Hall–Kier alpha value is -0.670. The van der Waals surface area contributed by atoms with E-state index in [1.807, 2.05) is 36.9 Å². The second-order valence-electron chi connectivity index (χ2n) is 5.00. The molecule has 1 fully saturated rings. The Morgan fingerprint density at radius 2 is 2.11 bits per heavy atom. The van der Waals surface area contributed by atoms with E-state index in [2.05, 4.69) is 0 Å². The molecule has 0 aliphatic heterocycles. The van der Waals surface area contributed by atoms with Crippen LogP contribution in [0.2, 0.25) is 0 Å². The summed E-state index contributed by atoms with van der Waals surface area (Å²) < 4.78 is 5.32. The Morgan fingerprint density at radius 3 is 2.78 bits per heavy atom. The van der Waals surface area contributed by atoms with Crippen LogP contribution in [0, 0.1) is 6.92 Å². The fraction of sp³-hybridized carbons (Fsp3) is 0.600. The van der Waals surface area contributed by atoms with E-state index in [0.717, 1.165) is 27.9 Å². The summed E-state index contributed by atoms with van der Waals surface area (Å²) in [5, 5.41) is 11.1. The summed E-state index contributed by atoms with van der Waals surface area (Å²) >= 11 is 1.91. The summed E-state index contributed by atoms with van der Waals surface area (Å²) in [7, 11) is 1.66. The lowest BCUT2D eigenvalue weighted by molar-refractivity contribution is 0.199. The molecule has 1 N–H and O–H groups in total. The molecule has 1 atom stereocenters. The normalized spacial score (nSPS) is 17.9. The van der Waals surface area contributed by atoms with E-state index in [4.69, 9.17) is 4.74 Å². The van der Waals surface area contributed by atoms with E-state index in [9.17, 15) is 5.11 Å². The van der Waals surface area contributed by atoms with Crippen LogP contribution in [0.4, 0.5) is 0 Å². The van der Waals surface area contributed by atoms with Crippen molar-refractivity contribution in [2.45, 2.75) is 44.0 Å². The van der Waals surface area contributed by atoms with Crippen molar-refractivity contribution in [3.8, 4) is 5.75 Å². The maximum absolute atomic E-state index is 10.3. The Morgan fingerprint density at radius 1 is 1.39 bits per heavy atom. The van der Waals surface area contributed by atoms with Gasteiger partial charge in [0.2, 0.25) is 0 Å². The minimum atomic E-state index is -0.426. The summed E-state index contributed by atoms with van der Waals surface area (Å²) in [6.07, 6.45) is 4.89. The van der Waals surface area contributed by atoms with Crippen molar-refractivity contribution in [1.29, 1.82) is 0 Å². The molecule has 1 aromatic rings. The second kappa shape index (κ2) is 6.48. The predicted octanol–water partition coefficient (Wildman–Crippen LogP) is 3.71. The third kappa shape index (κ3) is 3.42. The molecule has 2 rings (SSSR count). The monoisotopic (exact) mass is 266 g/mol. The third-order valence-corrected chi connectivity index (χ3v) is 4.99. The van der Waals surface area contributed by atoms with E-state index < -0.39 is 6.10 Å². The van der Waals surface area contributed by atoms with Gasteiger partial charge in [-0.1, -0.05) is 24.5 Å². The number of aliphatic hydroxyl groups excluding tert-OH is 1. The van der Waals surface area contributed by atoms with Crippen LogP contribution < -0.4 is 4.74 Å². The standard InChI is InChI=1S/C15H22O2S/c1-11-7-8-15(17-2)13(9-11)14(16)10-18-12-5-3-4-6-12/h7-9,12,14,16H,3-6,10H2,1-2H3. The van der Waals surface area contributed by atoms with Crippen LogP contribution in [0.15, 0.2) is 18.2 Å². The molecule has 0 amide bonds. The van der Waals surface area contributed by atoms with Gasteiger partial charge in [-0.05, 0) is 31.9 Å². The van der Waals surface area contributed by atoms with Gasteiger partial charge in [-0.15, -0.1) is 0 Å². The molecule has 0 radical (unpaired) electrons. The average molecular weight is 266 g/mol. The Kier molecular flexibility index (Phi) is 4.95. The van der Waals surface area contributed by atoms with Crippen LogP contribution in [0.1, 0.15) is 42.9 Å². The summed E-state index contributed by atoms with van der Waals surface area (Å²) in [5.74, 6) is 1.56. The first kappa shape index (κ1) is 13.8. The van der Waals surface area contributed by atoms with Gasteiger partial charge in [0.15, 0.2) is 0 Å². The molecular weight excluding hydrogens is 244 g/mol. The van der Waals surface area contributed by atoms with Crippen LogP contribution >= 0.6 is 11.8 Å². The van der Waals surface area contributed by atoms with Gasteiger partial charge in [0, 0.05) is 16.6 Å². The Balaban J connectivity index is 1.98. The number of thioether (sulfide) groups is 1. The number of ether oxygens (including phenoxy) is 1. The molecule has 3 heteroatoms. The van der Waals surface area contributed by atoms with Crippen molar-refractivity contribution in [3.05, 3.63) is 29.3 Å². The van der Waals surface area contributed by atoms with Crippen LogP contribution in [-0.2, 0) is 0 Å². The highest BCUT2D eigenvalue weighted by atomic mass is 32.2. The van der Waals surface area contributed by atoms with E-state index >= 15 is 0 Å². The van der Waals surface area contributed by atoms with Crippen molar-refractivity contribution in [3.63, 3.8) is 0 Å². The van der Waals surface area contributed by atoms with Crippen molar-refractivity contribution in [2.75, 3.05) is 12.9 Å². The predicted molar refractivity (Wildman–Crippen MR) is 77.4 cm³/mol. The van der Waals surface area contributed by atoms with Gasteiger partial charge in [0.05, 0.1) is 13.2 Å². The molecule has 1 unspecified atom stereocenters. The number of aliphatic hydroxyl groups is 1. The van der Waals surface area contributed by atoms with Gasteiger partial charge in [0.25, 0.3) is 0 Å². The molecule has 0 aromatic heterocycles. The zero-order chi connectivity index (χ0) is 13.0. The molecule has 0 spiro atoms. The van der Waals surface area contributed by atoms with E-state index in [-0.39, 0.29) is 0 Å². The Bertz CT molecular complexity index is 386. The highest BCUT2D eigenvalue weighted by Gasteiger charge is 2.19. The summed E-state index contributed by atoms with van der Waals surface area (Å²) in [6.45, 7) is 2.04. The van der Waals surface area contributed by atoms with Gasteiger partial charge < -0.3 is 9.84 Å². The molecule has 0 bridgehead atoms. The lowest BCUT2D eigenvalue weighted by Crippen LogP contribution is -2.07. The van der Waals surface area contributed by atoms with E-state index in [1.54, 1.807) is 7.11 Å². The quantitative estimate of drug-likeness (QED) is 0.881. The molecule has 2 nitrogen and oxygen atoms in total. The smallest absolute Gasteiger partial charge is 0.124 e. The highest BCUT2D eigenvalue weighted by Crippen LogP contribution is 2.34. The van der Waals surface area contributed by atoms with Crippen molar-refractivity contribution >= 4 is 11.8 Å². The number of methoxy groups -OCH3 is 1. The number of aryl methyl sites for hydroxylation is 1. The van der Waals surface area contributed by atoms with Crippen LogP contribution in [-0.4, -0.2) is 23.2 Å². The first-order valence-corrected chi connectivity index (χ1v) is 7.70. The third-order valence-electron chi connectivity index (χ3n) is 3.54. The molecule has 18 heavy (non-hydrogen) atoms.